The van der Waals surface area contributed by atoms with Gasteiger partial charge in [0.15, 0.2) is 12.5 Å². The number of halogens is 1. The topological polar surface area (TPSA) is 47.9 Å². The van der Waals surface area contributed by atoms with Gasteiger partial charge in [0.2, 0.25) is 6.08 Å². The lowest BCUT2D eigenvalue weighted by atomic mass is 10.1. The fourth-order valence-electron chi connectivity index (χ4n) is 1.29. The highest BCUT2D eigenvalue weighted by atomic mass is 19.1. The molecule has 0 amide bonds. The molecule has 0 atom stereocenters. The van der Waals surface area contributed by atoms with E-state index in [1.807, 2.05) is 0 Å². The SMILES string of the molecule is O=C=Nc1cc(F)cc2c1OCOC2. The van der Waals surface area contributed by atoms with E-state index in [4.69, 9.17) is 9.47 Å². The van der Waals surface area contributed by atoms with E-state index in [9.17, 15) is 9.18 Å². The molecule has 1 aromatic carbocycles. The number of isocyanates is 1. The Morgan fingerprint density at radius 3 is 3.14 bits per heavy atom. The van der Waals surface area contributed by atoms with Crippen molar-refractivity contribution >= 4 is 11.8 Å². The van der Waals surface area contributed by atoms with Crippen molar-refractivity contribution in [2.45, 2.75) is 6.61 Å². The molecule has 0 N–H and O–H groups in total. The summed E-state index contributed by atoms with van der Waals surface area (Å²) in [7, 11) is 0. The van der Waals surface area contributed by atoms with Crippen molar-refractivity contribution in [1.82, 2.24) is 0 Å². The molecule has 0 fully saturated rings. The van der Waals surface area contributed by atoms with E-state index in [1.165, 1.54) is 12.1 Å². The van der Waals surface area contributed by atoms with Crippen molar-refractivity contribution in [2.24, 2.45) is 4.99 Å². The van der Waals surface area contributed by atoms with Gasteiger partial charge in [0.1, 0.15) is 11.5 Å². The average molecular weight is 195 g/mol. The molecule has 1 heterocycles. The lowest BCUT2D eigenvalue weighted by Gasteiger charge is -2.18. The second-order valence-corrected chi connectivity index (χ2v) is 2.73. The number of nitrogens with zero attached hydrogens (tertiary/aromatic N) is 1. The van der Waals surface area contributed by atoms with E-state index in [-0.39, 0.29) is 19.1 Å². The van der Waals surface area contributed by atoms with Crippen LogP contribution < -0.4 is 4.74 Å². The first-order valence-electron chi connectivity index (χ1n) is 3.92. The lowest BCUT2D eigenvalue weighted by Crippen LogP contribution is -2.11. The number of hydrogen-bond donors (Lipinski definition) is 0. The van der Waals surface area contributed by atoms with Crippen molar-refractivity contribution in [3.05, 3.63) is 23.5 Å². The highest BCUT2D eigenvalue weighted by Gasteiger charge is 2.16. The maximum Gasteiger partial charge on any atom is 0.240 e. The molecule has 1 aromatic rings. The first kappa shape index (κ1) is 8.87. The standard InChI is InChI=1S/C9H6FNO3/c10-7-1-6-3-13-5-14-9(6)8(2-7)11-4-12/h1-2H,3,5H2. The van der Waals surface area contributed by atoms with E-state index in [1.54, 1.807) is 0 Å². The van der Waals surface area contributed by atoms with Gasteiger partial charge >= 0.3 is 0 Å². The monoisotopic (exact) mass is 195 g/mol. The summed E-state index contributed by atoms with van der Waals surface area (Å²) in [5.74, 6) is -0.0900. The summed E-state index contributed by atoms with van der Waals surface area (Å²) in [6.45, 7) is 0.342. The van der Waals surface area contributed by atoms with Gasteiger partial charge < -0.3 is 9.47 Å². The summed E-state index contributed by atoms with van der Waals surface area (Å²) in [6.07, 6.45) is 1.35. The Kier molecular flexibility index (Phi) is 2.26. The van der Waals surface area contributed by atoms with Crippen LogP contribution in [0.25, 0.3) is 0 Å². The summed E-state index contributed by atoms with van der Waals surface area (Å²) in [4.78, 5) is 13.4. The van der Waals surface area contributed by atoms with Crippen molar-refractivity contribution in [3.63, 3.8) is 0 Å². The Morgan fingerprint density at radius 2 is 2.36 bits per heavy atom. The number of fused-ring (bicyclic) bond motifs is 1. The third-order valence-electron chi connectivity index (χ3n) is 1.82. The largest absolute Gasteiger partial charge is 0.465 e. The first-order valence-corrected chi connectivity index (χ1v) is 3.92. The summed E-state index contributed by atoms with van der Waals surface area (Å²) in [5.41, 5.74) is 0.698. The molecule has 1 aliphatic heterocycles. The molecule has 14 heavy (non-hydrogen) atoms. The minimum Gasteiger partial charge on any atom is -0.465 e. The van der Waals surface area contributed by atoms with Gasteiger partial charge in [-0.1, -0.05) is 0 Å². The minimum absolute atomic E-state index is 0.0833. The van der Waals surface area contributed by atoms with Gasteiger partial charge in [-0.3, -0.25) is 0 Å². The Morgan fingerprint density at radius 1 is 1.50 bits per heavy atom. The molecule has 0 saturated heterocycles. The first-order chi connectivity index (χ1) is 6.81. The Bertz CT molecular complexity index is 413. The van der Waals surface area contributed by atoms with E-state index < -0.39 is 5.82 Å². The quantitative estimate of drug-likeness (QED) is 0.505. The van der Waals surface area contributed by atoms with Crippen LogP contribution in [-0.4, -0.2) is 12.9 Å². The van der Waals surface area contributed by atoms with E-state index in [2.05, 4.69) is 4.99 Å². The summed E-state index contributed by atoms with van der Waals surface area (Å²) < 4.78 is 23.0. The fraction of sp³-hybridized carbons (Fsp3) is 0.222. The molecular weight excluding hydrogens is 189 g/mol. The molecular formula is C9H6FNO3. The maximum atomic E-state index is 13.0. The predicted molar refractivity (Wildman–Crippen MR) is 44.5 cm³/mol. The molecule has 0 radical (unpaired) electrons. The zero-order valence-corrected chi connectivity index (χ0v) is 7.12. The second-order valence-electron chi connectivity index (χ2n) is 2.73. The van der Waals surface area contributed by atoms with E-state index in [0.717, 1.165) is 6.07 Å². The van der Waals surface area contributed by atoms with Crippen LogP contribution in [0.2, 0.25) is 0 Å². The molecule has 0 unspecified atom stereocenters. The fourth-order valence-corrected chi connectivity index (χ4v) is 1.29. The van der Waals surface area contributed by atoms with E-state index in [0.29, 0.717) is 11.3 Å². The van der Waals surface area contributed by atoms with Crippen LogP contribution in [0.4, 0.5) is 10.1 Å². The van der Waals surface area contributed by atoms with E-state index >= 15 is 0 Å². The van der Waals surface area contributed by atoms with Crippen LogP contribution in [0, 0.1) is 5.82 Å². The van der Waals surface area contributed by atoms with Crippen LogP contribution in [0.15, 0.2) is 17.1 Å². The zero-order valence-electron chi connectivity index (χ0n) is 7.12. The number of aliphatic imine (C=N–C) groups is 1. The van der Waals surface area contributed by atoms with Crippen molar-refractivity contribution in [2.75, 3.05) is 6.79 Å². The number of carbonyl (C=O) groups excluding carboxylic acids is 1. The van der Waals surface area contributed by atoms with Crippen LogP contribution in [0.3, 0.4) is 0 Å². The highest BCUT2D eigenvalue weighted by molar-refractivity contribution is 5.61. The normalized spacial score (nSPS) is 13.8. The summed E-state index contributed by atoms with van der Waals surface area (Å²) >= 11 is 0. The van der Waals surface area contributed by atoms with Gasteiger partial charge in [-0.15, -0.1) is 0 Å². The molecule has 0 saturated carbocycles. The van der Waals surface area contributed by atoms with Gasteiger partial charge in [-0.05, 0) is 6.07 Å². The number of hydrogen-bond acceptors (Lipinski definition) is 4. The molecule has 4 nitrogen and oxygen atoms in total. The van der Waals surface area contributed by atoms with Crippen LogP contribution in [-0.2, 0) is 16.1 Å². The molecule has 0 bridgehead atoms. The molecule has 2 rings (SSSR count). The smallest absolute Gasteiger partial charge is 0.240 e. The van der Waals surface area contributed by atoms with Crippen molar-refractivity contribution < 1.29 is 18.7 Å². The Labute approximate surface area is 79.0 Å². The van der Waals surface area contributed by atoms with Gasteiger partial charge in [0.25, 0.3) is 0 Å². The van der Waals surface area contributed by atoms with Crippen LogP contribution in [0.1, 0.15) is 5.56 Å². The number of rotatable bonds is 1. The van der Waals surface area contributed by atoms with Gasteiger partial charge in [0.05, 0.1) is 6.61 Å². The average Bonchev–Trinajstić information content (AvgIpc) is 2.18. The molecule has 0 spiro atoms. The summed E-state index contributed by atoms with van der Waals surface area (Å²) in [6, 6.07) is 2.41. The second kappa shape index (κ2) is 3.57. The number of ether oxygens (including phenoxy) is 2. The van der Waals surface area contributed by atoms with Gasteiger partial charge in [-0.2, -0.15) is 4.99 Å². The van der Waals surface area contributed by atoms with Crippen LogP contribution in [0.5, 0.6) is 5.75 Å². The Balaban J connectivity index is 2.57. The minimum atomic E-state index is -0.480. The molecule has 0 aromatic heterocycles. The van der Waals surface area contributed by atoms with Crippen LogP contribution >= 0.6 is 0 Å². The molecule has 0 aliphatic carbocycles. The summed E-state index contributed by atoms with van der Waals surface area (Å²) in [5, 5.41) is 0. The molecule has 1 aliphatic rings. The van der Waals surface area contributed by atoms with Gasteiger partial charge in [-0.25, -0.2) is 9.18 Å². The van der Waals surface area contributed by atoms with Crippen molar-refractivity contribution in [1.29, 1.82) is 0 Å². The third-order valence-corrected chi connectivity index (χ3v) is 1.82. The zero-order chi connectivity index (χ0) is 9.97. The predicted octanol–water partition coefficient (Wildman–Crippen LogP) is 1.66. The van der Waals surface area contributed by atoms with Crippen molar-refractivity contribution in [3.8, 4) is 5.75 Å². The highest BCUT2D eigenvalue weighted by Crippen LogP contribution is 2.34. The molecule has 72 valence electrons. The third kappa shape index (κ3) is 1.51. The maximum absolute atomic E-state index is 13.0. The lowest BCUT2D eigenvalue weighted by molar-refractivity contribution is -0.0161. The number of benzene rings is 1. The van der Waals surface area contributed by atoms with Gasteiger partial charge in [0, 0.05) is 11.6 Å². The Hall–Kier alpha value is -1.71. The molecule has 5 heteroatoms.